The summed E-state index contributed by atoms with van der Waals surface area (Å²) in [7, 11) is 0. The summed E-state index contributed by atoms with van der Waals surface area (Å²) in [4.78, 5) is 34.6. The lowest BCUT2D eigenvalue weighted by molar-refractivity contribution is -0.177. The van der Waals surface area contributed by atoms with Crippen molar-refractivity contribution in [2.75, 3.05) is 52.9 Å². The van der Waals surface area contributed by atoms with Gasteiger partial charge in [0.05, 0.1) is 33.0 Å². The largest absolute Gasteiger partial charge is 0.460 e. The van der Waals surface area contributed by atoms with Crippen LogP contribution in [0.4, 0.5) is 0 Å². The van der Waals surface area contributed by atoms with Crippen LogP contribution in [0.2, 0.25) is 0 Å². The molecule has 0 spiro atoms. The Morgan fingerprint density at radius 2 is 0.975 bits per heavy atom. The molecule has 0 aromatic heterocycles. The highest BCUT2D eigenvalue weighted by Crippen LogP contribution is 2.13. The predicted octanol–water partition coefficient (Wildman–Crippen LogP) is -1.43. The maximum absolute atomic E-state index is 11.5. The molecule has 3 unspecified atom stereocenters. The second-order valence-electron chi connectivity index (χ2n) is 9.05. The molecule has 0 saturated heterocycles. The van der Waals surface area contributed by atoms with E-state index in [2.05, 4.69) is 19.7 Å². The summed E-state index contributed by atoms with van der Waals surface area (Å²) in [6.45, 7) is 10.9. The molecule has 0 heterocycles. The topological polar surface area (TPSA) is 208 Å². The summed E-state index contributed by atoms with van der Waals surface area (Å²) in [5, 5.41) is 50.2. The van der Waals surface area contributed by atoms with Gasteiger partial charge >= 0.3 is 17.9 Å². The molecule has 5 N–H and O–H groups in total. The Hall–Kier alpha value is -2.69. The molecule has 0 aliphatic carbocycles. The number of aliphatic hydroxyl groups excluding tert-OH is 5. The molecule has 6 atom stereocenters. The van der Waals surface area contributed by atoms with Gasteiger partial charge in [0.25, 0.3) is 0 Å². The van der Waals surface area contributed by atoms with Gasteiger partial charge in [-0.15, -0.1) is 0 Å². The highest BCUT2D eigenvalue weighted by atomic mass is 16.6. The number of hydrogen-bond donors (Lipinski definition) is 5. The minimum atomic E-state index is -1.56. The van der Waals surface area contributed by atoms with E-state index in [4.69, 9.17) is 28.4 Å². The second-order valence-corrected chi connectivity index (χ2v) is 9.05. The average molecular weight is 579 g/mol. The van der Waals surface area contributed by atoms with Gasteiger partial charge in [-0.25, -0.2) is 14.4 Å². The Labute approximate surface area is 233 Å². The maximum atomic E-state index is 11.5. The quantitative estimate of drug-likeness (QED) is 0.0567. The van der Waals surface area contributed by atoms with Crippen molar-refractivity contribution in [3.63, 3.8) is 0 Å². The number of carbonyl (C=O) groups excluding carboxylic acids is 3. The Kier molecular flexibility index (Phi) is 18.9. The molecule has 230 valence electrons. The van der Waals surface area contributed by atoms with E-state index in [1.807, 2.05) is 0 Å². The van der Waals surface area contributed by atoms with Gasteiger partial charge in [-0.3, -0.25) is 0 Å². The van der Waals surface area contributed by atoms with Gasteiger partial charge in [0.1, 0.15) is 56.4 Å². The Balaban J connectivity index is 5.30. The minimum Gasteiger partial charge on any atom is -0.460 e. The lowest BCUT2D eigenvalue weighted by atomic mass is 10.1. The van der Waals surface area contributed by atoms with E-state index in [-0.39, 0.29) is 29.9 Å². The fourth-order valence-corrected chi connectivity index (χ4v) is 2.61. The molecule has 0 aliphatic rings. The number of aliphatic hydroxyl groups is 5. The van der Waals surface area contributed by atoms with E-state index in [0.717, 1.165) is 0 Å². The zero-order chi connectivity index (χ0) is 30.8. The van der Waals surface area contributed by atoms with Gasteiger partial charge in [0, 0.05) is 16.7 Å². The summed E-state index contributed by atoms with van der Waals surface area (Å²) in [6.07, 6.45) is -7.97. The molecular formula is C26H42O14. The van der Waals surface area contributed by atoms with Crippen LogP contribution in [0.1, 0.15) is 20.8 Å². The zero-order valence-electron chi connectivity index (χ0n) is 23.2. The van der Waals surface area contributed by atoms with Crippen LogP contribution in [-0.2, 0) is 42.8 Å². The number of ether oxygens (including phenoxy) is 6. The third-order valence-electron chi connectivity index (χ3n) is 4.77. The van der Waals surface area contributed by atoms with Crippen LogP contribution in [0.3, 0.4) is 0 Å². The highest BCUT2D eigenvalue weighted by Gasteiger charge is 2.32. The number of hydrogen-bond acceptors (Lipinski definition) is 14. The molecule has 0 fully saturated rings. The normalized spacial score (nSPS) is 15.6. The zero-order valence-corrected chi connectivity index (χ0v) is 23.2. The SMILES string of the molecule is C=C(C)C(=O)OCC(O)COC[C@@H](OCC(O)COC(=O)C(=C)C)[C@H](OCC(O)COC(=O)C(=C)C)[C@H](O)CO. The van der Waals surface area contributed by atoms with Crippen LogP contribution in [0.5, 0.6) is 0 Å². The molecule has 0 aromatic rings. The van der Waals surface area contributed by atoms with Crippen LogP contribution in [0, 0.1) is 0 Å². The average Bonchev–Trinajstić information content (AvgIpc) is 2.90. The summed E-state index contributed by atoms with van der Waals surface area (Å²) in [6, 6.07) is 0. The molecular weight excluding hydrogens is 536 g/mol. The van der Waals surface area contributed by atoms with Crippen molar-refractivity contribution in [2.24, 2.45) is 0 Å². The maximum Gasteiger partial charge on any atom is 0.333 e. The van der Waals surface area contributed by atoms with Crippen LogP contribution in [0.15, 0.2) is 36.5 Å². The van der Waals surface area contributed by atoms with E-state index >= 15 is 0 Å². The van der Waals surface area contributed by atoms with Gasteiger partial charge < -0.3 is 54.0 Å². The van der Waals surface area contributed by atoms with E-state index in [1.54, 1.807) is 0 Å². The Morgan fingerprint density at radius 1 is 0.600 bits per heavy atom. The third kappa shape index (κ3) is 16.4. The standard InChI is InChI=1S/C26H42O14/c1-15(2)24(32)38-11-18(28)8-35-14-22(36-9-19(29)12-39-25(33)16(3)4)23(21(31)7-27)37-10-20(30)13-40-26(34)17(5)6/h18-23,27-31H,1,3,5,7-14H2,2,4,6H3/t18?,19?,20?,21-,22-,23-/m1/s1. The minimum absolute atomic E-state index is 0.122. The molecule has 0 rings (SSSR count). The predicted molar refractivity (Wildman–Crippen MR) is 139 cm³/mol. The highest BCUT2D eigenvalue weighted by molar-refractivity contribution is 5.87. The lowest BCUT2D eigenvalue weighted by Gasteiger charge is -2.31. The van der Waals surface area contributed by atoms with E-state index in [1.165, 1.54) is 20.8 Å². The third-order valence-corrected chi connectivity index (χ3v) is 4.77. The Morgan fingerprint density at radius 3 is 1.35 bits per heavy atom. The molecule has 0 aromatic carbocycles. The molecule has 0 amide bonds. The molecule has 14 heteroatoms. The smallest absolute Gasteiger partial charge is 0.333 e. The summed E-state index contributed by atoms with van der Waals surface area (Å²) in [5.41, 5.74) is 0.388. The Bertz CT molecular complexity index is 841. The van der Waals surface area contributed by atoms with Crippen LogP contribution in [-0.4, -0.2) is 133 Å². The summed E-state index contributed by atoms with van der Waals surface area (Å²) >= 11 is 0. The van der Waals surface area contributed by atoms with Crippen molar-refractivity contribution < 1.29 is 68.3 Å². The second kappa shape index (κ2) is 20.2. The lowest BCUT2D eigenvalue weighted by Crippen LogP contribution is -2.48. The number of carbonyl (C=O) groups is 3. The molecule has 40 heavy (non-hydrogen) atoms. The first-order valence-corrected chi connectivity index (χ1v) is 12.3. The number of rotatable bonds is 22. The fourth-order valence-electron chi connectivity index (χ4n) is 2.61. The molecule has 0 radical (unpaired) electrons. The van der Waals surface area contributed by atoms with Crippen LogP contribution >= 0.6 is 0 Å². The number of esters is 3. The van der Waals surface area contributed by atoms with E-state index < -0.39 is 94.2 Å². The molecule has 0 saturated carbocycles. The van der Waals surface area contributed by atoms with Gasteiger partial charge in [-0.2, -0.15) is 0 Å². The monoisotopic (exact) mass is 578 g/mol. The fraction of sp³-hybridized carbons (Fsp3) is 0.654. The first-order chi connectivity index (χ1) is 18.7. The van der Waals surface area contributed by atoms with Crippen molar-refractivity contribution in [2.45, 2.75) is 57.4 Å². The van der Waals surface area contributed by atoms with Crippen LogP contribution < -0.4 is 0 Å². The van der Waals surface area contributed by atoms with Gasteiger partial charge in [-0.1, -0.05) is 19.7 Å². The van der Waals surface area contributed by atoms with Crippen molar-refractivity contribution >= 4 is 17.9 Å². The van der Waals surface area contributed by atoms with Crippen molar-refractivity contribution in [3.8, 4) is 0 Å². The van der Waals surface area contributed by atoms with Crippen LogP contribution in [0.25, 0.3) is 0 Å². The van der Waals surface area contributed by atoms with Gasteiger partial charge in [0.2, 0.25) is 0 Å². The summed E-state index contributed by atoms with van der Waals surface area (Å²) < 4.78 is 31.1. The van der Waals surface area contributed by atoms with Crippen molar-refractivity contribution in [3.05, 3.63) is 36.5 Å². The van der Waals surface area contributed by atoms with Gasteiger partial charge in [0.15, 0.2) is 0 Å². The first kappa shape index (κ1) is 37.3. The van der Waals surface area contributed by atoms with Gasteiger partial charge in [-0.05, 0) is 20.8 Å². The van der Waals surface area contributed by atoms with Crippen molar-refractivity contribution in [1.29, 1.82) is 0 Å². The molecule has 0 aliphatic heterocycles. The van der Waals surface area contributed by atoms with Crippen molar-refractivity contribution in [1.82, 2.24) is 0 Å². The van der Waals surface area contributed by atoms with E-state index in [9.17, 15) is 39.9 Å². The summed E-state index contributed by atoms with van der Waals surface area (Å²) in [5.74, 6) is -2.15. The first-order valence-electron chi connectivity index (χ1n) is 12.3. The molecule has 0 bridgehead atoms. The van der Waals surface area contributed by atoms with E-state index in [0.29, 0.717) is 0 Å². The molecule has 14 nitrogen and oxygen atoms in total.